The van der Waals surface area contributed by atoms with Crippen LogP contribution in [0.15, 0.2) is 54.1 Å². The first-order valence-electron chi connectivity index (χ1n) is 16.1. The predicted molar refractivity (Wildman–Crippen MR) is 173 cm³/mol. The van der Waals surface area contributed by atoms with Crippen LogP contribution in [0.2, 0.25) is 0 Å². The highest BCUT2D eigenvalue weighted by Gasteiger charge is 2.45. The molecule has 0 radical (unpaired) electrons. The van der Waals surface area contributed by atoms with Crippen LogP contribution in [0.5, 0.6) is 0 Å². The topological polar surface area (TPSA) is 104 Å². The first-order chi connectivity index (χ1) is 20.8. The summed E-state index contributed by atoms with van der Waals surface area (Å²) in [6, 6.07) is 12.2. The number of non-ortho nitro benzene ring substituents is 1. The summed E-state index contributed by atoms with van der Waals surface area (Å²) in [4.78, 5) is 40.6. The lowest BCUT2D eigenvalue weighted by Gasteiger charge is -2.26. The summed E-state index contributed by atoms with van der Waals surface area (Å²) in [6.07, 6.45) is 17.2. The summed E-state index contributed by atoms with van der Waals surface area (Å²) in [5.41, 5.74) is 1.86. The highest BCUT2D eigenvalue weighted by atomic mass is 16.6. The van der Waals surface area contributed by atoms with E-state index in [2.05, 4.69) is 6.92 Å². The second-order valence-corrected chi connectivity index (χ2v) is 11.9. The third-order valence-electron chi connectivity index (χ3n) is 8.37. The largest absolute Gasteiger partial charge is 0.507 e. The number of amides is 1. The van der Waals surface area contributed by atoms with Gasteiger partial charge in [-0.2, -0.15) is 0 Å². The number of carbonyl (C=O) groups is 2. The Hall–Kier alpha value is -3.68. The number of nitro benzene ring substituents is 1. The maximum Gasteiger partial charge on any atom is 0.295 e. The third-order valence-corrected chi connectivity index (χ3v) is 8.37. The van der Waals surface area contributed by atoms with E-state index in [1.54, 1.807) is 4.90 Å². The molecule has 0 aromatic heterocycles. The Balaban J connectivity index is 1.61. The summed E-state index contributed by atoms with van der Waals surface area (Å²) in [7, 11) is 3.87. The Labute approximate surface area is 256 Å². The SMILES string of the molecule is CCCCCCCCCCCCCCCCN1C(=O)C(=O)/C(=C(/O)c2ccc([N+](=O)[O-])cc2)[C@@H]1c1ccc(N(C)C)cc1. The molecule has 1 amide bonds. The lowest BCUT2D eigenvalue weighted by Crippen LogP contribution is -2.30. The number of rotatable bonds is 19. The van der Waals surface area contributed by atoms with Crippen LogP contribution in [0.1, 0.15) is 114 Å². The number of hydrogen-bond acceptors (Lipinski definition) is 6. The fraction of sp³-hybridized carbons (Fsp3) is 0.543. The van der Waals surface area contributed by atoms with Crippen LogP contribution < -0.4 is 4.90 Å². The fourth-order valence-corrected chi connectivity index (χ4v) is 5.79. The smallest absolute Gasteiger partial charge is 0.295 e. The zero-order valence-corrected chi connectivity index (χ0v) is 26.2. The van der Waals surface area contributed by atoms with Crippen LogP contribution in [0.3, 0.4) is 0 Å². The first-order valence-corrected chi connectivity index (χ1v) is 16.1. The number of likely N-dealkylation sites (tertiary alicyclic amines) is 1. The number of nitrogens with zero attached hydrogens (tertiary/aromatic N) is 3. The number of nitro groups is 1. The second kappa shape index (κ2) is 17.4. The Kier molecular flexibility index (Phi) is 13.7. The van der Waals surface area contributed by atoms with E-state index in [4.69, 9.17) is 0 Å². The molecule has 1 aliphatic heterocycles. The number of anilines is 1. The Morgan fingerprint density at radius 2 is 1.28 bits per heavy atom. The van der Waals surface area contributed by atoms with Gasteiger partial charge in [-0.15, -0.1) is 0 Å². The number of aliphatic hydroxyl groups excluding tert-OH is 1. The third kappa shape index (κ3) is 9.66. The van der Waals surface area contributed by atoms with E-state index in [-0.39, 0.29) is 22.6 Å². The van der Waals surface area contributed by atoms with Crippen molar-refractivity contribution in [1.29, 1.82) is 0 Å². The zero-order valence-electron chi connectivity index (χ0n) is 26.2. The molecule has 2 aromatic carbocycles. The molecule has 1 heterocycles. The molecule has 3 rings (SSSR count). The van der Waals surface area contributed by atoms with Gasteiger partial charge in [0.05, 0.1) is 16.5 Å². The number of carbonyl (C=O) groups excluding carboxylic acids is 2. The molecule has 0 aliphatic carbocycles. The van der Waals surface area contributed by atoms with Crippen molar-refractivity contribution in [3.8, 4) is 0 Å². The minimum absolute atomic E-state index is 0.0156. The molecule has 1 saturated heterocycles. The van der Waals surface area contributed by atoms with Gasteiger partial charge < -0.3 is 14.9 Å². The summed E-state index contributed by atoms with van der Waals surface area (Å²) in [5, 5.41) is 22.3. The fourth-order valence-electron chi connectivity index (χ4n) is 5.79. The van der Waals surface area contributed by atoms with E-state index in [1.807, 2.05) is 43.3 Å². The standard InChI is InChI=1S/C35H49N3O5/c1-4-5-6-7-8-9-10-11-12-13-14-15-16-17-26-37-32(27-18-22-29(23-19-27)36(2)3)31(34(40)35(37)41)33(39)28-20-24-30(25-21-28)38(42)43/h18-25,32,39H,4-17,26H2,1-3H3/b33-31+/t32-/m0/s1. The quantitative estimate of drug-likeness (QED) is 0.0438. The predicted octanol–water partition coefficient (Wildman–Crippen LogP) is 8.56. The van der Waals surface area contributed by atoms with Crippen LogP contribution in [-0.4, -0.2) is 47.3 Å². The molecular formula is C35H49N3O5. The number of ketones is 1. The van der Waals surface area contributed by atoms with E-state index >= 15 is 0 Å². The molecule has 0 saturated carbocycles. The van der Waals surface area contributed by atoms with Crippen molar-refractivity contribution in [1.82, 2.24) is 4.90 Å². The Morgan fingerprint density at radius 3 is 1.74 bits per heavy atom. The molecule has 2 aromatic rings. The van der Waals surface area contributed by atoms with Crippen molar-refractivity contribution in [2.75, 3.05) is 25.5 Å². The molecule has 0 unspecified atom stereocenters. The minimum atomic E-state index is -0.733. The highest BCUT2D eigenvalue weighted by molar-refractivity contribution is 6.46. The van der Waals surface area contributed by atoms with Crippen molar-refractivity contribution in [3.05, 3.63) is 75.3 Å². The maximum absolute atomic E-state index is 13.3. The molecule has 234 valence electrons. The van der Waals surface area contributed by atoms with Gasteiger partial charge in [-0.25, -0.2) is 0 Å². The van der Waals surface area contributed by atoms with Crippen LogP contribution in [0, 0.1) is 10.1 Å². The van der Waals surface area contributed by atoms with Crippen molar-refractivity contribution >= 4 is 28.8 Å². The summed E-state index contributed by atoms with van der Waals surface area (Å²) >= 11 is 0. The number of benzene rings is 2. The number of unbranched alkanes of at least 4 members (excludes halogenated alkanes) is 13. The molecule has 1 N–H and O–H groups in total. The van der Waals surface area contributed by atoms with E-state index in [0.29, 0.717) is 6.54 Å². The monoisotopic (exact) mass is 591 g/mol. The average molecular weight is 592 g/mol. The maximum atomic E-state index is 13.3. The van der Waals surface area contributed by atoms with Crippen LogP contribution in [0.4, 0.5) is 11.4 Å². The molecule has 43 heavy (non-hydrogen) atoms. The van der Waals surface area contributed by atoms with Gasteiger partial charge in [0.1, 0.15) is 5.76 Å². The van der Waals surface area contributed by atoms with Crippen molar-refractivity contribution in [2.24, 2.45) is 0 Å². The van der Waals surface area contributed by atoms with E-state index in [1.165, 1.54) is 94.9 Å². The van der Waals surface area contributed by atoms with Gasteiger partial charge in [-0.3, -0.25) is 19.7 Å². The van der Waals surface area contributed by atoms with Crippen molar-refractivity contribution in [2.45, 2.75) is 103 Å². The van der Waals surface area contributed by atoms with E-state index in [9.17, 15) is 24.8 Å². The van der Waals surface area contributed by atoms with E-state index in [0.717, 1.165) is 30.5 Å². The van der Waals surface area contributed by atoms with Gasteiger partial charge in [-0.1, -0.05) is 103 Å². The lowest BCUT2D eigenvalue weighted by molar-refractivity contribution is -0.384. The van der Waals surface area contributed by atoms with Gasteiger partial charge in [0, 0.05) is 44.0 Å². The number of hydrogen-bond donors (Lipinski definition) is 1. The number of Topliss-reactive ketones (excluding diaryl/α,β-unsaturated/α-hetero) is 1. The van der Waals surface area contributed by atoms with Gasteiger partial charge in [0.2, 0.25) is 0 Å². The summed E-state index contributed by atoms with van der Waals surface area (Å²) in [5.74, 6) is -1.68. The summed E-state index contributed by atoms with van der Waals surface area (Å²) in [6.45, 7) is 2.67. The van der Waals surface area contributed by atoms with E-state index < -0.39 is 22.7 Å². The average Bonchev–Trinajstić information content (AvgIpc) is 3.26. The molecule has 1 atom stereocenters. The van der Waals surface area contributed by atoms with Gasteiger partial charge in [-0.05, 0) is 36.2 Å². The lowest BCUT2D eigenvalue weighted by atomic mass is 9.95. The second-order valence-electron chi connectivity index (χ2n) is 11.9. The van der Waals surface area contributed by atoms with Crippen LogP contribution >= 0.6 is 0 Å². The zero-order chi connectivity index (χ0) is 31.2. The molecule has 1 aliphatic rings. The Bertz CT molecular complexity index is 1220. The highest BCUT2D eigenvalue weighted by Crippen LogP contribution is 2.40. The van der Waals surface area contributed by atoms with Gasteiger partial charge in [0.25, 0.3) is 17.4 Å². The minimum Gasteiger partial charge on any atom is -0.507 e. The Morgan fingerprint density at radius 1 is 0.791 bits per heavy atom. The van der Waals surface area contributed by atoms with Crippen LogP contribution in [-0.2, 0) is 9.59 Å². The van der Waals surface area contributed by atoms with Gasteiger partial charge in [0.15, 0.2) is 0 Å². The van der Waals surface area contributed by atoms with Crippen LogP contribution in [0.25, 0.3) is 5.76 Å². The molecular weight excluding hydrogens is 542 g/mol. The normalized spacial score (nSPS) is 16.2. The van der Waals surface area contributed by atoms with Crippen molar-refractivity contribution in [3.63, 3.8) is 0 Å². The summed E-state index contributed by atoms with van der Waals surface area (Å²) < 4.78 is 0. The molecule has 1 fully saturated rings. The molecule has 0 spiro atoms. The molecule has 0 bridgehead atoms. The molecule has 8 nitrogen and oxygen atoms in total. The first kappa shape index (κ1) is 33.8. The molecule has 8 heteroatoms. The van der Waals surface area contributed by atoms with Gasteiger partial charge >= 0.3 is 0 Å². The van der Waals surface area contributed by atoms with Crippen molar-refractivity contribution < 1.29 is 19.6 Å². The number of aliphatic hydroxyl groups is 1.